The quantitative estimate of drug-likeness (QED) is 0.554. The molecular formula is C24H18ClNO3. The van der Waals surface area contributed by atoms with E-state index in [9.17, 15) is 9.59 Å². The van der Waals surface area contributed by atoms with Crippen molar-refractivity contribution in [2.24, 2.45) is 11.1 Å². The molecule has 0 spiro atoms. The molecular weight excluding hydrogens is 386 g/mol. The van der Waals surface area contributed by atoms with Crippen molar-refractivity contribution < 1.29 is 14.4 Å². The van der Waals surface area contributed by atoms with Gasteiger partial charge in [-0.25, -0.2) is 0 Å². The van der Waals surface area contributed by atoms with Crippen molar-refractivity contribution in [1.82, 2.24) is 0 Å². The topological polar surface area (TPSA) is 55.7 Å². The molecule has 0 saturated carbocycles. The van der Waals surface area contributed by atoms with Crippen LogP contribution in [0.4, 0.5) is 0 Å². The van der Waals surface area contributed by atoms with Crippen LogP contribution in [0, 0.1) is 12.8 Å². The Balaban J connectivity index is 1.73. The second-order valence-corrected chi connectivity index (χ2v) is 7.38. The van der Waals surface area contributed by atoms with Crippen molar-refractivity contribution in [3.8, 4) is 0 Å². The molecule has 2 atom stereocenters. The zero-order chi connectivity index (χ0) is 20.4. The van der Waals surface area contributed by atoms with E-state index in [1.807, 2.05) is 49.4 Å². The smallest absolute Gasteiger partial charge is 0.207 e. The predicted octanol–water partition coefficient (Wildman–Crippen LogP) is 5.13. The van der Waals surface area contributed by atoms with Gasteiger partial charge in [0.2, 0.25) is 11.9 Å². The number of hydrogen-bond donors (Lipinski definition) is 0. The highest BCUT2D eigenvalue weighted by atomic mass is 35.5. The molecule has 0 fully saturated rings. The summed E-state index contributed by atoms with van der Waals surface area (Å²) in [5.41, 5.74) is 3.21. The third-order valence-corrected chi connectivity index (χ3v) is 5.19. The average molecular weight is 404 g/mol. The summed E-state index contributed by atoms with van der Waals surface area (Å²) < 4.78 is 0. The van der Waals surface area contributed by atoms with Crippen LogP contribution in [0.2, 0.25) is 5.02 Å². The molecule has 144 valence electrons. The first-order valence-electron chi connectivity index (χ1n) is 9.24. The Morgan fingerprint density at radius 2 is 1.41 bits per heavy atom. The van der Waals surface area contributed by atoms with Crippen molar-refractivity contribution in [1.29, 1.82) is 0 Å². The molecule has 0 radical (unpaired) electrons. The number of nitrogens with zero attached hydrogens (tertiary/aromatic N) is 1. The molecule has 1 aliphatic heterocycles. The number of aryl methyl sites for hydroxylation is 1. The first kappa shape index (κ1) is 19.1. The Bertz CT molecular complexity index is 1070. The molecule has 29 heavy (non-hydrogen) atoms. The van der Waals surface area contributed by atoms with Crippen molar-refractivity contribution >= 4 is 28.9 Å². The number of carbonyl (C=O) groups excluding carboxylic acids is 2. The summed E-state index contributed by atoms with van der Waals surface area (Å²) in [6.07, 6.45) is -1.03. The number of Topliss-reactive ketones (excluding diaryl/α,β-unsaturated/α-hetero) is 2. The number of carbonyl (C=O) groups is 2. The highest BCUT2D eigenvalue weighted by Gasteiger charge is 2.45. The van der Waals surface area contributed by atoms with Crippen LogP contribution in [0.15, 0.2) is 84.0 Å². The summed E-state index contributed by atoms with van der Waals surface area (Å²) in [4.78, 5) is 32.1. The van der Waals surface area contributed by atoms with Gasteiger partial charge >= 0.3 is 0 Å². The third-order valence-electron chi connectivity index (χ3n) is 4.94. The Morgan fingerprint density at radius 1 is 0.828 bits per heavy atom. The normalized spacial score (nSPS) is 18.1. The first-order valence-corrected chi connectivity index (χ1v) is 9.62. The molecule has 3 aromatic rings. The van der Waals surface area contributed by atoms with Gasteiger partial charge in [-0.05, 0) is 31.2 Å². The molecule has 0 saturated heterocycles. The van der Waals surface area contributed by atoms with Crippen LogP contribution in [0.1, 0.15) is 31.8 Å². The van der Waals surface area contributed by atoms with Crippen LogP contribution in [-0.2, 0) is 4.84 Å². The molecule has 0 aliphatic carbocycles. The lowest BCUT2D eigenvalue weighted by Crippen LogP contribution is -2.37. The molecule has 3 aromatic carbocycles. The van der Waals surface area contributed by atoms with Crippen LogP contribution in [-0.4, -0.2) is 23.4 Å². The van der Waals surface area contributed by atoms with Gasteiger partial charge in [-0.15, -0.1) is 0 Å². The fourth-order valence-corrected chi connectivity index (χ4v) is 3.48. The zero-order valence-electron chi connectivity index (χ0n) is 15.7. The fraction of sp³-hybridized carbons (Fsp3) is 0.125. The van der Waals surface area contributed by atoms with E-state index in [1.54, 1.807) is 36.4 Å². The van der Waals surface area contributed by atoms with Crippen LogP contribution in [0.3, 0.4) is 0 Å². The Morgan fingerprint density at radius 3 is 2.07 bits per heavy atom. The van der Waals surface area contributed by atoms with Gasteiger partial charge in [0.05, 0.1) is 0 Å². The maximum atomic E-state index is 13.4. The van der Waals surface area contributed by atoms with Crippen LogP contribution in [0.5, 0.6) is 0 Å². The highest BCUT2D eigenvalue weighted by molar-refractivity contribution is 6.30. The van der Waals surface area contributed by atoms with Crippen LogP contribution >= 0.6 is 11.6 Å². The number of rotatable bonds is 5. The molecule has 1 heterocycles. The number of benzene rings is 3. The number of halogens is 1. The number of hydrogen-bond acceptors (Lipinski definition) is 4. The van der Waals surface area contributed by atoms with E-state index >= 15 is 0 Å². The summed E-state index contributed by atoms with van der Waals surface area (Å²) in [5.74, 6) is -1.33. The maximum Gasteiger partial charge on any atom is 0.207 e. The SMILES string of the molecule is Cc1ccc(C(=O)[C@@H]2C(c3ccccc3)=NO[C@H]2C(=O)c2ccc(Cl)cc2)cc1. The van der Waals surface area contributed by atoms with Gasteiger partial charge in [-0.1, -0.05) is 76.9 Å². The minimum absolute atomic E-state index is 0.197. The molecule has 0 N–H and O–H groups in total. The van der Waals surface area contributed by atoms with Crippen molar-refractivity contribution in [2.45, 2.75) is 13.0 Å². The first-order chi connectivity index (χ1) is 14.0. The molecule has 0 bridgehead atoms. The van der Waals surface area contributed by atoms with Gasteiger partial charge < -0.3 is 4.84 Å². The lowest BCUT2D eigenvalue weighted by atomic mass is 9.83. The summed E-state index contributed by atoms with van der Waals surface area (Å²) in [7, 11) is 0. The van der Waals surface area contributed by atoms with E-state index < -0.39 is 12.0 Å². The predicted molar refractivity (Wildman–Crippen MR) is 113 cm³/mol. The second-order valence-electron chi connectivity index (χ2n) is 6.95. The molecule has 0 aromatic heterocycles. The standard InChI is InChI=1S/C24H18ClNO3/c1-15-7-9-17(10-8-15)22(27)20-21(16-5-3-2-4-6-16)26-29-24(20)23(28)18-11-13-19(25)14-12-18/h2-14,20,24H,1H3/t20-,24+/m0/s1. The number of oxime groups is 1. The zero-order valence-corrected chi connectivity index (χ0v) is 16.5. The average Bonchev–Trinajstić information content (AvgIpc) is 3.19. The van der Waals surface area contributed by atoms with Gasteiger partial charge in [-0.3, -0.25) is 9.59 Å². The van der Waals surface area contributed by atoms with Crippen LogP contribution in [0.25, 0.3) is 0 Å². The summed E-state index contributed by atoms with van der Waals surface area (Å²) in [6.45, 7) is 1.96. The van der Waals surface area contributed by atoms with E-state index in [0.717, 1.165) is 11.1 Å². The van der Waals surface area contributed by atoms with E-state index in [2.05, 4.69) is 5.16 Å². The molecule has 0 amide bonds. The highest BCUT2D eigenvalue weighted by Crippen LogP contribution is 2.29. The van der Waals surface area contributed by atoms with Gasteiger partial charge in [0.15, 0.2) is 5.78 Å². The van der Waals surface area contributed by atoms with E-state index in [-0.39, 0.29) is 11.6 Å². The molecule has 1 aliphatic rings. The molecule has 4 rings (SSSR count). The van der Waals surface area contributed by atoms with Gasteiger partial charge in [0.1, 0.15) is 11.6 Å². The third kappa shape index (κ3) is 3.84. The molecule has 0 unspecified atom stereocenters. The lowest BCUT2D eigenvalue weighted by Gasteiger charge is -2.17. The monoisotopic (exact) mass is 403 g/mol. The van der Waals surface area contributed by atoms with E-state index in [4.69, 9.17) is 16.4 Å². The summed E-state index contributed by atoms with van der Waals surface area (Å²) >= 11 is 5.93. The lowest BCUT2D eigenvalue weighted by molar-refractivity contribution is 0.0424. The van der Waals surface area contributed by atoms with Crippen molar-refractivity contribution in [3.63, 3.8) is 0 Å². The van der Waals surface area contributed by atoms with Gasteiger partial charge in [0, 0.05) is 21.7 Å². The Kier molecular flexibility index (Phi) is 5.28. The van der Waals surface area contributed by atoms with E-state index in [0.29, 0.717) is 21.9 Å². The fourth-order valence-electron chi connectivity index (χ4n) is 3.35. The summed E-state index contributed by atoms with van der Waals surface area (Å²) in [6, 6.07) is 23.1. The van der Waals surface area contributed by atoms with Crippen LogP contribution < -0.4 is 0 Å². The Hall–Kier alpha value is -3.24. The van der Waals surface area contributed by atoms with Crippen molar-refractivity contribution in [3.05, 3.63) is 106 Å². The number of ketones is 2. The summed E-state index contributed by atoms with van der Waals surface area (Å²) in [5, 5.41) is 4.68. The maximum absolute atomic E-state index is 13.4. The minimum Gasteiger partial charge on any atom is -0.383 e. The second kappa shape index (κ2) is 8.02. The van der Waals surface area contributed by atoms with Gasteiger partial charge in [0.25, 0.3) is 0 Å². The minimum atomic E-state index is -1.03. The van der Waals surface area contributed by atoms with Gasteiger partial charge in [-0.2, -0.15) is 0 Å². The van der Waals surface area contributed by atoms with Crippen molar-refractivity contribution in [2.75, 3.05) is 0 Å². The molecule has 5 heteroatoms. The molecule has 4 nitrogen and oxygen atoms in total. The Labute approximate surface area is 173 Å². The largest absolute Gasteiger partial charge is 0.383 e. The van der Waals surface area contributed by atoms with E-state index in [1.165, 1.54) is 0 Å².